The Kier molecular flexibility index (Phi) is 3.50. The molecule has 2 aromatic rings. The van der Waals surface area contributed by atoms with Crippen molar-refractivity contribution in [3.8, 4) is 0 Å². The van der Waals surface area contributed by atoms with Crippen LogP contribution in [0.15, 0.2) is 59.3 Å². The Morgan fingerprint density at radius 3 is 1.44 bits per heavy atom. The number of aromatic nitrogens is 2. The highest BCUT2D eigenvalue weighted by Crippen LogP contribution is 1.93. The Morgan fingerprint density at radius 2 is 1.06 bits per heavy atom. The van der Waals surface area contributed by atoms with Crippen LogP contribution in [-0.2, 0) is 0 Å². The number of hydrogen-bond acceptors (Lipinski definition) is 4. The van der Waals surface area contributed by atoms with E-state index < -0.39 is 0 Å². The molecule has 2 heterocycles. The molecule has 0 saturated carbocycles. The van der Waals surface area contributed by atoms with E-state index in [1.165, 1.54) is 0 Å². The molecule has 0 aliphatic carbocycles. The third-order valence-electron chi connectivity index (χ3n) is 1.89. The molecule has 0 radical (unpaired) electrons. The fourth-order valence-electron chi connectivity index (χ4n) is 1.10. The van der Waals surface area contributed by atoms with Crippen LogP contribution in [0.3, 0.4) is 0 Å². The maximum atomic E-state index is 3.93. The molecule has 0 bridgehead atoms. The molecule has 0 spiro atoms. The van der Waals surface area contributed by atoms with Gasteiger partial charge < -0.3 is 0 Å². The van der Waals surface area contributed by atoms with Gasteiger partial charge in [0.2, 0.25) is 0 Å². The zero-order valence-electron chi connectivity index (χ0n) is 8.56. The molecule has 2 rings (SSSR count). The number of rotatable bonds is 3. The van der Waals surface area contributed by atoms with Gasteiger partial charge in [-0.25, -0.2) is 0 Å². The fraction of sp³-hybridized carbons (Fsp3) is 0. The molecule has 0 amide bonds. The quantitative estimate of drug-likeness (QED) is 0.574. The Bertz CT molecular complexity index is 429. The summed E-state index contributed by atoms with van der Waals surface area (Å²) in [5, 5.41) is 7.87. The van der Waals surface area contributed by atoms with Crippen molar-refractivity contribution in [3.63, 3.8) is 0 Å². The minimum Gasteiger partial charge on any atom is -0.265 e. The minimum atomic E-state index is 0.974. The Labute approximate surface area is 93.4 Å². The van der Waals surface area contributed by atoms with Gasteiger partial charge in [0.25, 0.3) is 0 Å². The topological polar surface area (TPSA) is 50.5 Å². The SMILES string of the molecule is C(=N/N=C/c1ccncc1)/c1ccncc1. The molecule has 4 heteroatoms. The van der Waals surface area contributed by atoms with Gasteiger partial charge in [-0.1, -0.05) is 0 Å². The number of nitrogens with zero attached hydrogens (tertiary/aromatic N) is 4. The minimum absolute atomic E-state index is 0.974. The molecule has 4 nitrogen and oxygen atoms in total. The van der Waals surface area contributed by atoms with E-state index in [9.17, 15) is 0 Å². The first-order valence-electron chi connectivity index (χ1n) is 4.81. The summed E-state index contributed by atoms with van der Waals surface area (Å²) in [4.78, 5) is 7.83. The van der Waals surface area contributed by atoms with E-state index in [-0.39, 0.29) is 0 Å². The highest BCUT2D eigenvalue weighted by molar-refractivity contribution is 5.82. The standard InChI is InChI=1S/C12H10N4/c1-5-13-6-2-11(1)9-15-16-10-12-3-7-14-8-4-12/h1-10H/b15-9-,16-10+. The van der Waals surface area contributed by atoms with Crippen LogP contribution in [0, 0.1) is 0 Å². The van der Waals surface area contributed by atoms with Crippen LogP contribution in [0.5, 0.6) is 0 Å². The Morgan fingerprint density at radius 1 is 0.688 bits per heavy atom. The molecule has 78 valence electrons. The average molecular weight is 210 g/mol. The third kappa shape index (κ3) is 3.09. The summed E-state index contributed by atoms with van der Waals surface area (Å²) >= 11 is 0. The van der Waals surface area contributed by atoms with Gasteiger partial charge in [0.15, 0.2) is 0 Å². The van der Waals surface area contributed by atoms with Gasteiger partial charge in [-0.3, -0.25) is 9.97 Å². The molecule has 2 aromatic heterocycles. The van der Waals surface area contributed by atoms with Gasteiger partial charge in [0, 0.05) is 24.8 Å². The van der Waals surface area contributed by atoms with E-state index in [1.54, 1.807) is 37.2 Å². The van der Waals surface area contributed by atoms with Crippen LogP contribution in [-0.4, -0.2) is 22.4 Å². The van der Waals surface area contributed by atoms with Gasteiger partial charge in [-0.15, -0.1) is 0 Å². The molecular formula is C12H10N4. The summed E-state index contributed by atoms with van der Waals surface area (Å²) in [6.45, 7) is 0. The maximum Gasteiger partial charge on any atom is 0.0569 e. The molecule has 0 fully saturated rings. The molecule has 0 N–H and O–H groups in total. The summed E-state index contributed by atoms with van der Waals surface area (Å²) in [6, 6.07) is 7.47. The second-order valence-corrected chi connectivity index (χ2v) is 3.05. The van der Waals surface area contributed by atoms with E-state index in [0.717, 1.165) is 11.1 Å². The molecule has 0 atom stereocenters. The summed E-state index contributed by atoms with van der Waals surface area (Å²) in [5.74, 6) is 0. The van der Waals surface area contributed by atoms with E-state index in [4.69, 9.17) is 0 Å². The lowest BCUT2D eigenvalue weighted by Gasteiger charge is -1.88. The maximum absolute atomic E-state index is 3.93. The van der Waals surface area contributed by atoms with Crippen molar-refractivity contribution < 1.29 is 0 Å². The first-order valence-corrected chi connectivity index (χ1v) is 4.81. The monoisotopic (exact) mass is 210 g/mol. The lowest BCUT2D eigenvalue weighted by atomic mass is 10.3. The van der Waals surface area contributed by atoms with Gasteiger partial charge in [-0.2, -0.15) is 10.2 Å². The van der Waals surface area contributed by atoms with Crippen molar-refractivity contribution >= 4 is 12.4 Å². The molecule has 0 aliphatic heterocycles. The zero-order valence-corrected chi connectivity index (χ0v) is 8.56. The van der Waals surface area contributed by atoms with Crippen molar-refractivity contribution in [2.24, 2.45) is 10.2 Å². The van der Waals surface area contributed by atoms with Crippen LogP contribution >= 0.6 is 0 Å². The smallest absolute Gasteiger partial charge is 0.0569 e. The summed E-state index contributed by atoms with van der Waals surface area (Å²) < 4.78 is 0. The Hall–Kier alpha value is -2.36. The van der Waals surface area contributed by atoms with Crippen molar-refractivity contribution in [3.05, 3.63) is 60.2 Å². The second-order valence-electron chi connectivity index (χ2n) is 3.05. The molecule has 0 aromatic carbocycles. The van der Waals surface area contributed by atoms with Gasteiger partial charge in [0.1, 0.15) is 0 Å². The largest absolute Gasteiger partial charge is 0.265 e. The average Bonchev–Trinajstić information content (AvgIpc) is 2.37. The molecule has 16 heavy (non-hydrogen) atoms. The van der Waals surface area contributed by atoms with Crippen molar-refractivity contribution in [2.45, 2.75) is 0 Å². The predicted octanol–water partition coefficient (Wildman–Crippen LogP) is 1.93. The lowest BCUT2D eigenvalue weighted by molar-refractivity contribution is 1.25. The molecular weight excluding hydrogens is 200 g/mol. The third-order valence-corrected chi connectivity index (χ3v) is 1.89. The van der Waals surface area contributed by atoms with E-state index in [1.807, 2.05) is 24.3 Å². The predicted molar refractivity (Wildman–Crippen MR) is 63.7 cm³/mol. The molecule has 0 unspecified atom stereocenters. The Balaban J connectivity index is 1.98. The first-order chi connectivity index (χ1) is 7.95. The summed E-state index contributed by atoms with van der Waals surface area (Å²) in [6.07, 6.45) is 10.2. The van der Waals surface area contributed by atoms with E-state index in [0.29, 0.717) is 0 Å². The van der Waals surface area contributed by atoms with Gasteiger partial charge in [-0.05, 0) is 35.4 Å². The highest BCUT2D eigenvalue weighted by Gasteiger charge is 1.84. The van der Waals surface area contributed by atoms with Gasteiger partial charge >= 0.3 is 0 Å². The first kappa shape index (κ1) is 10.2. The van der Waals surface area contributed by atoms with Crippen LogP contribution in [0.4, 0.5) is 0 Å². The van der Waals surface area contributed by atoms with Crippen molar-refractivity contribution in [2.75, 3.05) is 0 Å². The van der Waals surface area contributed by atoms with Crippen LogP contribution in [0.25, 0.3) is 0 Å². The fourth-order valence-corrected chi connectivity index (χ4v) is 1.10. The van der Waals surface area contributed by atoms with Crippen molar-refractivity contribution in [1.29, 1.82) is 0 Å². The molecule has 0 aliphatic rings. The second kappa shape index (κ2) is 5.50. The normalized spacial score (nSPS) is 11.2. The summed E-state index contributed by atoms with van der Waals surface area (Å²) in [5.41, 5.74) is 1.95. The summed E-state index contributed by atoms with van der Waals surface area (Å²) in [7, 11) is 0. The van der Waals surface area contributed by atoms with Crippen LogP contribution < -0.4 is 0 Å². The number of pyridine rings is 2. The van der Waals surface area contributed by atoms with E-state index >= 15 is 0 Å². The van der Waals surface area contributed by atoms with Crippen LogP contribution in [0.1, 0.15) is 11.1 Å². The molecule has 0 saturated heterocycles. The number of hydrogen-bond donors (Lipinski definition) is 0. The lowest BCUT2D eigenvalue weighted by Crippen LogP contribution is -1.81. The zero-order chi connectivity index (χ0) is 11.1. The van der Waals surface area contributed by atoms with E-state index in [2.05, 4.69) is 20.2 Å². The van der Waals surface area contributed by atoms with Crippen molar-refractivity contribution in [1.82, 2.24) is 9.97 Å². The highest BCUT2D eigenvalue weighted by atomic mass is 15.2. The van der Waals surface area contributed by atoms with Gasteiger partial charge in [0.05, 0.1) is 12.4 Å². The van der Waals surface area contributed by atoms with Crippen LogP contribution in [0.2, 0.25) is 0 Å².